The summed E-state index contributed by atoms with van der Waals surface area (Å²) in [7, 11) is 0. The number of carbonyl (C=O) groups excluding carboxylic acids is 1. The number of hydrogen-bond acceptors (Lipinski definition) is 2. The molecule has 1 rings (SSSR count). The average molecular weight is 280 g/mol. The average Bonchev–Trinajstić information content (AvgIpc) is 2.38. The molecule has 2 N–H and O–H groups in total. The number of amides is 1. The van der Waals surface area contributed by atoms with E-state index in [1.54, 1.807) is 6.07 Å². The van der Waals surface area contributed by atoms with Crippen molar-refractivity contribution in [2.24, 2.45) is 5.92 Å². The fourth-order valence-electron chi connectivity index (χ4n) is 1.96. The molecule has 0 spiro atoms. The minimum absolute atomic E-state index is 0.0195. The zero-order valence-corrected chi connectivity index (χ0v) is 12.7. The van der Waals surface area contributed by atoms with Crippen LogP contribution in [0, 0.1) is 11.7 Å². The summed E-state index contributed by atoms with van der Waals surface area (Å²) in [5.41, 5.74) is 0.840. The molecule has 1 amide bonds. The molecular weight excluding hydrogens is 255 g/mol. The topological polar surface area (TPSA) is 41.1 Å². The second kappa shape index (κ2) is 8.00. The molecule has 0 fully saturated rings. The van der Waals surface area contributed by atoms with Gasteiger partial charge in [0.05, 0.1) is 6.04 Å². The third-order valence-electron chi connectivity index (χ3n) is 3.26. The third-order valence-corrected chi connectivity index (χ3v) is 3.26. The molecule has 4 heteroatoms. The van der Waals surface area contributed by atoms with Crippen molar-refractivity contribution < 1.29 is 9.18 Å². The zero-order valence-electron chi connectivity index (χ0n) is 12.7. The second-order valence-corrected chi connectivity index (χ2v) is 5.64. The lowest BCUT2D eigenvalue weighted by molar-refractivity contribution is -0.122. The van der Waals surface area contributed by atoms with E-state index < -0.39 is 0 Å². The Morgan fingerprint density at radius 1 is 1.25 bits per heavy atom. The first kappa shape index (κ1) is 16.6. The van der Waals surface area contributed by atoms with Gasteiger partial charge in [0.15, 0.2) is 0 Å². The summed E-state index contributed by atoms with van der Waals surface area (Å²) < 4.78 is 13.2. The van der Waals surface area contributed by atoms with Crippen molar-refractivity contribution in [3.05, 3.63) is 35.6 Å². The molecule has 0 aromatic heterocycles. The minimum Gasteiger partial charge on any atom is -0.355 e. The maximum atomic E-state index is 13.2. The van der Waals surface area contributed by atoms with Gasteiger partial charge in [-0.25, -0.2) is 4.39 Å². The van der Waals surface area contributed by atoms with E-state index in [0.29, 0.717) is 12.5 Å². The highest BCUT2D eigenvalue weighted by atomic mass is 19.1. The first-order valence-corrected chi connectivity index (χ1v) is 7.19. The van der Waals surface area contributed by atoms with Crippen LogP contribution in [0.5, 0.6) is 0 Å². The lowest BCUT2D eigenvalue weighted by atomic mass is 10.1. The Morgan fingerprint density at radius 3 is 2.55 bits per heavy atom. The van der Waals surface area contributed by atoms with Crippen LogP contribution >= 0.6 is 0 Å². The van der Waals surface area contributed by atoms with E-state index in [1.165, 1.54) is 12.1 Å². The van der Waals surface area contributed by atoms with Crippen molar-refractivity contribution in [3.63, 3.8) is 0 Å². The van der Waals surface area contributed by atoms with Crippen molar-refractivity contribution in [1.29, 1.82) is 0 Å². The van der Waals surface area contributed by atoms with Gasteiger partial charge in [0.25, 0.3) is 0 Å². The molecule has 0 heterocycles. The van der Waals surface area contributed by atoms with Crippen LogP contribution in [-0.4, -0.2) is 18.5 Å². The molecule has 1 unspecified atom stereocenters. The first-order chi connectivity index (χ1) is 9.40. The highest BCUT2D eigenvalue weighted by Crippen LogP contribution is 2.14. The second-order valence-electron chi connectivity index (χ2n) is 5.64. The van der Waals surface area contributed by atoms with Crippen molar-refractivity contribution >= 4 is 5.91 Å². The molecule has 1 aromatic rings. The van der Waals surface area contributed by atoms with Crippen LogP contribution in [-0.2, 0) is 4.79 Å². The van der Waals surface area contributed by atoms with Crippen LogP contribution in [0.2, 0.25) is 0 Å². The lowest BCUT2D eigenvalue weighted by Crippen LogP contribution is -2.43. The van der Waals surface area contributed by atoms with Gasteiger partial charge in [0, 0.05) is 12.6 Å². The molecule has 0 saturated heterocycles. The van der Waals surface area contributed by atoms with E-state index in [0.717, 1.165) is 12.0 Å². The van der Waals surface area contributed by atoms with Crippen LogP contribution in [0.4, 0.5) is 4.39 Å². The van der Waals surface area contributed by atoms with Gasteiger partial charge in [0.2, 0.25) is 5.91 Å². The lowest BCUT2D eigenvalue weighted by Gasteiger charge is -2.20. The van der Waals surface area contributed by atoms with Crippen LogP contribution in [0.1, 0.15) is 45.7 Å². The molecule has 112 valence electrons. The Kier molecular flexibility index (Phi) is 6.65. The normalized spacial score (nSPS) is 14.1. The summed E-state index contributed by atoms with van der Waals surface area (Å²) in [6, 6.07) is 6.05. The number of rotatable bonds is 7. The molecule has 0 radical (unpaired) electrons. The molecule has 20 heavy (non-hydrogen) atoms. The minimum atomic E-state index is -0.305. The van der Waals surface area contributed by atoms with Gasteiger partial charge in [-0.05, 0) is 43.9 Å². The van der Waals surface area contributed by atoms with E-state index in [2.05, 4.69) is 24.5 Å². The summed E-state index contributed by atoms with van der Waals surface area (Å²) in [5.74, 6) is 0.295. The molecule has 0 aliphatic rings. The Balaban J connectivity index is 2.44. The monoisotopic (exact) mass is 280 g/mol. The summed E-state index contributed by atoms with van der Waals surface area (Å²) >= 11 is 0. The predicted molar refractivity (Wildman–Crippen MR) is 79.9 cm³/mol. The molecule has 1 aromatic carbocycles. The third kappa shape index (κ3) is 5.70. The van der Waals surface area contributed by atoms with Crippen LogP contribution in [0.15, 0.2) is 24.3 Å². The van der Waals surface area contributed by atoms with Gasteiger partial charge < -0.3 is 5.32 Å². The number of nitrogens with one attached hydrogen (secondary N) is 2. The van der Waals surface area contributed by atoms with Gasteiger partial charge >= 0.3 is 0 Å². The highest BCUT2D eigenvalue weighted by molar-refractivity contribution is 5.81. The molecule has 3 nitrogen and oxygen atoms in total. The molecular formula is C16H25FN2O. The maximum absolute atomic E-state index is 13.2. The number of hydrogen-bond donors (Lipinski definition) is 2. The van der Waals surface area contributed by atoms with Gasteiger partial charge in [-0.1, -0.05) is 26.0 Å². The first-order valence-electron chi connectivity index (χ1n) is 7.19. The van der Waals surface area contributed by atoms with Crippen LogP contribution < -0.4 is 10.6 Å². The van der Waals surface area contributed by atoms with E-state index in [9.17, 15) is 9.18 Å². The van der Waals surface area contributed by atoms with E-state index in [1.807, 2.05) is 19.9 Å². The number of carbonyl (C=O) groups is 1. The fraction of sp³-hybridized carbons (Fsp3) is 0.562. The zero-order chi connectivity index (χ0) is 15.1. The number of benzene rings is 1. The molecule has 2 atom stereocenters. The molecule has 0 aliphatic heterocycles. The standard InChI is InChI=1S/C16H25FN2O/c1-11(2)8-9-18-16(20)13(4)19-12(3)14-6-5-7-15(17)10-14/h5-7,10-13,19H,8-9H2,1-4H3,(H,18,20)/t12-,13?/m1/s1. The maximum Gasteiger partial charge on any atom is 0.236 e. The van der Waals surface area contributed by atoms with E-state index in [4.69, 9.17) is 0 Å². The smallest absolute Gasteiger partial charge is 0.236 e. The molecule has 0 aliphatic carbocycles. The number of halogens is 1. The quantitative estimate of drug-likeness (QED) is 0.806. The van der Waals surface area contributed by atoms with Gasteiger partial charge in [-0.15, -0.1) is 0 Å². The molecule has 0 bridgehead atoms. The Hall–Kier alpha value is -1.42. The Bertz CT molecular complexity index is 434. The Labute approximate surface area is 121 Å². The van der Waals surface area contributed by atoms with E-state index >= 15 is 0 Å². The van der Waals surface area contributed by atoms with Crippen molar-refractivity contribution in [2.75, 3.05) is 6.54 Å². The largest absolute Gasteiger partial charge is 0.355 e. The summed E-state index contributed by atoms with van der Waals surface area (Å²) in [4.78, 5) is 11.9. The van der Waals surface area contributed by atoms with Crippen LogP contribution in [0.25, 0.3) is 0 Å². The highest BCUT2D eigenvalue weighted by Gasteiger charge is 2.16. The van der Waals surface area contributed by atoms with Crippen molar-refractivity contribution in [2.45, 2.75) is 46.2 Å². The summed E-state index contributed by atoms with van der Waals surface area (Å²) in [6.07, 6.45) is 0.970. The van der Waals surface area contributed by atoms with Gasteiger partial charge in [-0.3, -0.25) is 10.1 Å². The Morgan fingerprint density at radius 2 is 1.95 bits per heavy atom. The van der Waals surface area contributed by atoms with Crippen molar-refractivity contribution in [1.82, 2.24) is 10.6 Å². The summed E-state index contributed by atoms with van der Waals surface area (Å²) in [5, 5.41) is 6.09. The predicted octanol–water partition coefficient (Wildman–Crippen LogP) is 3.03. The van der Waals surface area contributed by atoms with Gasteiger partial charge in [-0.2, -0.15) is 0 Å². The SMILES string of the molecule is CC(C)CCNC(=O)C(C)N[C@H](C)c1cccc(F)c1. The molecule has 0 saturated carbocycles. The van der Waals surface area contributed by atoms with Crippen molar-refractivity contribution in [3.8, 4) is 0 Å². The van der Waals surface area contributed by atoms with Gasteiger partial charge in [0.1, 0.15) is 5.82 Å². The fourth-order valence-corrected chi connectivity index (χ4v) is 1.96. The van der Waals surface area contributed by atoms with E-state index in [-0.39, 0.29) is 23.8 Å². The summed E-state index contributed by atoms with van der Waals surface area (Å²) in [6.45, 7) is 8.68. The van der Waals surface area contributed by atoms with Crippen LogP contribution in [0.3, 0.4) is 0 Å².